The van der Waals surface area contributed by atoms with Crippen LogP contribution in [0.25, 0.3) is 10.2 Å². The molecule has 0 unspecified atom stereocenters. The van der Waals surface area contributed by atoms with E-state index in [4.69, 9.17) is 4.74 Å². The number of quaternary nitrogens is 1. The highest BCUT2D eigenvalue weighted by molar-refractivity contribution is 7.22. The van der Waals surface area contributed by atoms with E-state index >= 15 is 0 Å². The van der Waals surface area contributed by atoms with Gasteiger partial charge in [0.15, 0.2) is 39.2 Å². The van der Waals surface area contributed by atoms with Crippen LogP contribution in [0, 0.1) is 24.6 Å². The third kappa shape index (κ3) is 7.46. The number of carboxylic acid groups (broad SMARTS) is 1. The number of aromatic carboxylic acids is 1. The average Bonchev–Trinajstić information content (AvgIpc) is 3.61. The van der Waals surface area contributed by atoms with Gasteiger partial charge in [-0.05, 0) is 67.6 Å². The SMILES string of the molecule is Cc1cc(N(C)c2nc(C(=O)O)c(CCCOc3ccc(C#CC[NH+](C)C)cc3F)s2)nnc1Nc1nc2ccccc2s1. The molecule has 10 nitrogen and oxygen atoms in total. The lowest BCUT2D eigenvalue weighted by Gasteiger charge is -2.15. The van der Waals surface area contributed by atoms with Crippen molar-refractivity contribution < 1.29 is 23.9 Å². The molecule has 0 aliphatic carbocycles. The Bertz CT molecular complexity index is 1830. The van der Waals surface area contributed by atoms with E-state index in [1.54, 1.807) is 24.1 Å². The van der Waals surface area contributed by atoms with Gasteiger partial charge >= 0.3 is 5.97 Å². The van der Waals surface area contributed by atoms with Crippen LogP contribution >= 0.6 is 22.7 Å². The number of nitrogens with zero attached hydrogens (tertiary/aromatic N) is 5. The van der Waals surface area contributed by atoms with Gasteiger partial charge in [0.1, 0.15) is 6.54 Å². The van der Waals surface area contributed by atoms with Gasteiger partial charge in [0.2, 0.25) is 0 Å². The molecule has 0 saturated heterocycles. The number of aryl methyl sites for hydroxylation is 2. The van der Waals surface area contributed by atoms with Gasteiger partial charge in [0, 0.05) is 17.5 Å². The van der Waals surface area contributed by atoms with Crippen LogP contribution in [0.3, 0.4) is 0 Å². The second kappa shape index (κ2) is 13.8. The minimum absolute atomic E-state index is 0.0238. The van der Waals surface area contributed by atoms with Gasteiger partial charge in [-0.15, -0.1) is 21.5 Å². The zero-order valence-electron chi connectivity index (χ0n) is 24.6. The quantitative estimate of drug-likeness (QED) is 0.141. The molecule has 0 aliphatic heterocycles. The number of carbonyl (C=O) groups is 1. The van der Waals surface area contributed by atoms with Crippen molar-refractivity contribution in [1.82, 2.24) is 20.2 Å². The standard InChI is InChI=1S/C31H30FN7O3S2/c1-19-17-26(36-37-28(19)35-30-33-22-10-5-6-11-24(22)43-30)39(4)31-34-27(29(40)41)25(44-31)12-8-16-42-23-14-13-20(18-21(23)32)9-7-15-38(2)3/h5-6,10-11,13-14,17-18H,8,12,15-16H2,1-4H3,(H,40,41)(H,33,35,37)/p+1. The Morgan fingerprint density at radius 1 is 1.14 bits per heavy atom. The molecule has 44 heavy (non-hydrogen) atoms. The van der Waals surface area contributed by atoms with Crippen molar-refractivity contribution in [3.05, 3.63) is 76.0 Å². The number of aromatic nitrogens is 4. The summed E-state index contributed by atoms with van der Waals surface area (Å²) >= 11 is 2.79. The normalized spacial score (nSPS) is 11.0. The monoisotopic (exact) mass is 632 g/mol. The van der Waals surface area contributed by atoms with Crippen LogP contribution in [0.1, 0.15) is 32.9 Å². The van der Waals surface area contributed by atoms with Gasteiger partial charge < -0.3 is 25.0 Å². The van der Waals surface area contributed by atoms with E-state index in [0.29, 0.717) is 46.6 Å². The molecule has 0 bridgehead atoms. The van der Waals surface area contributed by atoms with E-state index in [1.165, 1.54) is 33.6 Å². The number of hydrogen-bond donors (Lipinski definition) is 3. The van der Waals surface area contributed by atoms with Gasteiger partial charge in [-0.2, -0.15) is 0 Å². The number of fused-ring (bicyclic) bond motifs is 1. The van der Waals surface area contributed by atoms with Crippen molar-refractivity contribution in [2.75, 3.05) is 44.5 Å². The van der Waals surface area contributed by atoms with Gasteiger partial charge in [-0.3, -0.25) is 0 Å². The third-order valence-corrected chi connectivity index (χ3v) is 8.57. The van der Waals surface area contributed by atoms with Crippen LogP contribution in [0.15, 0.2) is 48.5 Å². The molecule has 2 aromatic carbocycles. The Morgan fingerprint density at radius 2 is 1.95 bits per heavy atom. The molecular weight excluding hydrogens is 602 g/mol. The smallest absolute Gasteiger partial charge is 0.355 e. The number of anilines is 4. The molecule has 5 rings (SSSR count). The molecule has 0 aliphatic rings. The largest absolute Gasteiger partial charge is 0.491 e. The van der Waals surface area contributed by atoms with Crippen molar-refractivity contribution in [1.29, 1.82) is 0 Å². The fourth-order valence-corrected chi connectivity index (χ4v) is 6.06. The Morgan fingerprint density at radius 3 is 2.68 bits per heavy atom. The Kier molecular flexibility index (Phi) is 9.64. The number of hydrogen-bond acceptors (Lipinski definition) is 10. The average molecular weight is 633 g/mol. The predicted octanol–water partition coefficient (Wildman–Crippen LogP) is 4.71. The van der Waals surface area contributed by atoms with Crippen molar-refractivity contribution in [3.63, 3.8) is 0 Å². The lowest BCUT2D eigenvalue weighted by Crippen LogP contribution is -3.05. The highest BCUT2D eigenvalue weighted by Gasteiger charge is 2.21. The van der Waals surface area contributed by atoms with Gasteiger partial charge in [0.05, 0.1) is 30.9 Å². The molecule has 3 aromatic heterocycles. The molecule has 0 spiro atoms. The number of benzene rings is 2. The fourth-order valence-electron chi connectivity index (χ4n) is 4.14. The molecule has 3 N–H and O–H groups in total. The Hall–Kier alpha value is -4.64. The number of thiazole rings is 2. The van der Waals surface area contributed by atoms with Gasteiger partial charge in [-0.1, -0.05) is 29.4 Å². The second-order valence-electron chi connectivity index (χ2n) is 10.3. The van der Waals surface area contributed by atoms with Gasteiger partial charge in [-0.25, -0.2) is 19.2 Å². The first-order chi connectivity index (χ1) is 21.2. The molecular formula is C31H31FN7O3S2+. The van der Waals surface area contributed by atoms with Crippen molar-refractivity contribution in [3.8, 4) is 17.6 Å². The molecule has 0 fully saturated rings. The van der Waals surface area contributed by atoms with Gasteiger partial charge in [0.25, 0.3) is 0 Å². The summed E-state index contributed by atoms with van der Waals surface area (Å²) in [6.45, 7) is 2.78. The van der Waals surface area contributed by atoms with E-state index in [1.807, 2.05) is 51.4 Å². The van der Waals surface area contributed by atoms with Crippen molar-refractivity contribution in [2.45, 2.75) is 19.8 Å². The minimum Gasteiger partial charge on any atom is -0.491 e. The second-order valence-corrected chi connectivity index (χ2v) is 12.4. The summed E-state index contributed by atoms with van der Waals surface area (Å²) in [5, 5.41) is 22.9. The molecule has 5 aromatic rings. The summed E-state index contributed by atoms with van der Waals surface area (Å²) < 4.78 is 21.2. The maximum Gasteiger partial charge on any atom is 0.355 e. The number of carboxylic acids is 1. The highest BCUT2D eigenvalue weighted by atomic mass is 32.1. The van der Waals surface area contributed by atoms with E-state index < -0.39 is 11.8 Å². The van der Waals surface area contributed by atoms with Crippen LogP contribution in [0.5, 0.6) is 5.75 Å². The molecule has 13 heteroatoms. The number of halogens is 1. The highest BCUT2D eigenvalue weighted by Crippen LogP contribution is 2.33. The lowest BCUT2D eigenvalue weighted by molar-refractivity contribution is -0.850. The first kappa shape index (κ1) is 30.8. The topological polar surface area (TPSA) is 118 Å². The van der Waals surface area contributed by atoms with Crippen LogP contribution in [0.4, 0.5) is 26.3 Å². The maximum atomic E-state index is 14.5. The fraction of sp³-hybridized carbons (Fsp3) is 0.258. The number of ether oxygens (including phenoxy) is 1. The third-order valence-electron chi connectivity index (χ3n) is 6.42. The molecule has 3 heterocycles. The van der Waals surface area contributed by atoms with Crippen LogP contribution in [0.2, 0.25) is 0 Å². The number of rotatable bonds is 11. The summed E-state index contributed by atoms with van der Waals surface area (Å²) in [7, 11) is 5.76. The van der Waals surface area contributed by atoms with Crippen LogP contribution in [-0.4, -0.2) is 65.5 Å². The van der Waals surface area contributed by atoms with Crippen LogP contribution in [-0.2, 0) is 6.42 Å². The summed E-state index contributed by atoms with van der Waals surface area (Å²) in [4.78, 5) is 24.4. The zero-order chi connectivity index (χ0) is 31.2. The van der Waals surface area contributed by atoms with Crippen molar-refractivity contribution >= 4 is 60.8 Å². The van der Waals surface area contributed by atoms with Crippen molar-refractivity contribution in [2.24, 2.45) is 0 Å². The van der Waals surface area contributed by atoms with E-state index in [0.717, 1.165) is 20.9 Å². The first-order valence-corrected chi connectivity index (χ1v) is 15.4. The summed E-state index contributed by atoms with van der Waals surface area (Å²) in [5.74, 6) is 5.58. The molecule has 0 radical (unpaired) electrons. The number of nitrogens with one attached hydrogen (secondary N) is 2. The lowest BCUT2D eigenvalue weighted by atomic mass is 10.2. The molecule has 0 atom stereocenters. The Labute approximate surface area is 262 Å². The van der Waals surface area contributed by atoms with Crippen LogP contribution < -0.4 is 19.9 Å². The van der Waals surface area contributed by atoms with E-state index in [-0.39, 0.29) is 18.1 Å². The van der Waals surface area contributed by atoms with E-state index in [9.17, 15) is 14.3 Å². The molecule has 226 valence electrons. The summed E-state index contributed by atoms with van der Waals surface area (Å²) in [5.41, 5.74) is 2.31. The Balaban J connectivity index is 1.21. The predicted molar refractivity (Wildman–Crippen MR) is 172 cm³/mol. The molecule has 0 saturated carbocycles. The number of para-hydroxylation sites is 1. The van der Waals surface area contributed by atoms with E-state index in [2.05, 4.69) is 37.3 Å². The minimum atomic E-state index is -1.12. The summed E-state index contributed by atoms with van der Waals surface area (Å²) in [6.07, 6.45) is 0.879. The zero-order valence-corrected chi connectivity index (χ0v) is 26.3. The first-order valence-electron chi connectivity index (χ1n) is 13.8. The maximum absolute atomic E-state index is 14.5. The summed E-state index contributed by atoms with van der Waals surface area (Å²) in [6, 6.07) is 14.4. The molecule has 0 amide bonds.